The summed E-state index contributed by atoms with van der Waals surface area (Å²) in [5.74, 6) is -10.6. The van der Waals surface area contributed by atoms with Gasteiger partial charge < -0.3 is 46.0 Å². The number of phenols is 9. The molecular formula is C16H12ClN3O9. The van der Waals surface area contributed by atoms with Crippen molar-refractivity contribution in [2.45, 2.75) is 6.92 Å². The van der Waals surface area contributed by atoms with Gasteiger partial charge in [0.2, 0.25) is 22.5 Å². The Morgan fingerprint density at radius 1 is 0.483 bits per heavy atom. The fourth-order valence-corrected chi connectivity index (χ4v) is 2.66. The van der Waals surface area contributed by atoms with E-state index in [1.54, 1.807) is 0 Å². The van der Waals surface area contributed by atoms with Gasteiger partial charge in [-0.05, 0) is 18.5 Å². The van der Waals surface area contributed by atoms with Crippen LogP contribution in [0.5, 0.6) is 51.7 Å². The van der Waals surface area contributed by atoms with Crippen molar-refractivity contribution in [2.75, 3.05) is 0 Å². The highest BCUT2D eigenvalue weighted by atomic mass is 35.5. The Kier molecular flexibility index (Phi) is 4.43. The second-order valence-corrected chi connectivity index (χ2v) is 6.10. The molecule has 152 valence electrons. The summed E-state index contributed by atoms with van der Waals surface area (Å²) in [4.78, 5) is 11.0. The molecule has 9 N–H and O–H groups in total. The van der Waals surface area contributed by atoms with Crippen LogP contribution >= 0.6 is 11.6 Å². The van der Waals surface area contributed by atoms with Crippen molar-refractivity contribution < 1.29 is 46.0 Å². The second kappa shape index (κ2) is 6.53. The molecule has 0 saturated heterocycles. The van der Waals surface area contributed by atoms with Crippen LogP contribution in [-0.4, -0.2) is 60.9 Å². The molecule has 0 unspecified atom stereocenters. The number of aromatic hydroxyl groups is 9. The van der Waals surface area contributed by atoms with Gasteiger partial charge >= 0.3 is 0 Å². The fraction of sp³-hybridized carbons (Fsp3) is 0.0625. The molecule has 0 spiro atoms. The first kappa shape index (κ1) is 19.7. The Morgan fingerprint density at radius 3 is 1.17 bits per heavy atom. The van der Waals surface area contributed by atoms with Gasteiger partial charge in [-0.15, -0.1) is 0 Å². The molecule has 0 aliphatic carbocycles. The average Bonchev–Trinajstić information content (AvgIpc) is 2.67. The highest BCUT2D eigenvalue weighted by Gasteiger charge is 2.29. The number of aromatic nitrogens is 3. The number of phenolic OH excluding ortho intramolecular Hbond substituents is 9. The molecule has 1 heterocycles. The molecule has 0 saturated carbocycles. The van der Waals surface area contributed by atoms with E-state index < -0.39 is 79.8 Å². The van der Waals surface area contributed by atoms with Gasteiger partial charge in [-0.1, -0.05) is 0 Å². The van der Waals surface area contributed by atoms with Crippen LogP contribution in [0.1, 0.15) is 5.56 Å². The average molecular weight is 426 g/mol. The molecule has 0 fully saturated rings. The Morgan fingerprint density at radius 2 is 0.793 bits per heavy atom. The third-order valence-corrected chi connectivity index (χ3v) is 4.23. The monoisotopic (exact) mass is 425 g/mol. The molecule has 0 amide bonds. The zero-order valence-electron chi connectivity index (χ0n) is 14.2. The van der Waals surface area contributed by atoms with Gasteiger partial charge in [-0.3, -0.25) is 0 Å². The highest BCUT2D eigenvalue weighted by molar-refractivity contribution is 6.28. The van der Waals surface area contributed by atoms with Gasteiger partial charge in [0, 0.05) is 5.56 Å². The minimum absolute atomic E-state index is 0.243. The number of halogens is 1. The quantitative estimate of drug-likeness (QED) is 0.210. The Balaban J connectivity index is 2.37. The van der Waals surface area contributed by atoms with Gasteiger partial charge in [0.05, 0.1) is 0 Å². The van der Waals surface area contributed by atoms with E-state index in [1.807, 2.05) is 0 Å². The summed E-state index contributed by atoms with van der Waals surface area (Å²) >= 11 is 5.79. The zero-order valence-corrected chi connectivity index (χ0v) is 15.0. The summed E-state index contributed by atoms with van der Waals surface area (Å²) in [5.41, 5.74) is -1.68. The van der Waals surface area contributed by atoms with Crippen molar-refractivity contribution in [1.29, 1.82) is 0 Å². The van der Waals surface area contributed by atoms with Crippen LogP contribution in [-0.2, 0) is 0 Å². The fourth-order valence-electron chi connectivity index (χ4n) is 2.50. The molecule has 0 aliphatic heterocycles. The van der Waals surface area contributed by atoms with Crippen LogP contribution in [0.3, 0.4) is 0 Å². The van der Waals surface area contributed by atoms with Crippen LogP contribution in [0.25, 0.3) is 22.8 Å². The predicted molar refractivity (Wildman–Crippen MR) is 95.4 cm³/mol. The first-order chi connectivity index (χ1) is 13.5. The minimum Gasteiger partial charge on any atom is -0.504 e. The SMILES string of the molecule is Cc1c(O)c(O)c(-c2nc(Cl)nc(-c3c(O)c(O)c(O)c(O)c3O)n2)c(O)c1O. The van der Waals surface area contributed by atoms with Crippen LogP contribution in [0.15, 0.2) is 0 Å². The van der Waals surface area contributed by atoms with E-state index in [2.05, 4.69) is 15.0 Å². The van der Waals surface area contributed by atoms with Crippen molar-refractivity contribution in [1.82, 2.24) is 15.0 Å². The first-order valence-corrected chi connectivity index (χ1v) is 7.92. The van der Waals surface area contributed by atoms with Crippen molar-refractivity contribution >= 4 is 11.6 Å². The third-order valence-electron chi connectivity index (χ3n) is 4.06. The summed E-state index contributed by atoms with van der Waals surface area (Å²) in [6.07, 6.45) is 0. The molecule has 13 heteroatoms. The highest BCUT2D eigenvalue weighted by Crippen LogP contribution is 2.55. The molecule has 0 atom stereocenters. The van der Waals surface area contributed by atoms with Crippen molar-refractivity contribution in [3.05, 3.63) is 10.8 Å². The number of hydrogen-bond donors (Lipinski definition) is 9. The molecular weight excluding hydrogens is 414 g/mol. The van der Waals surface area contributed by atoms with Gasteiger partial charge in [0.15, 0.2) is 46.1 Å². The Labute approximate surface area is 165 Å². The van der Waals surface area contributed by atoms with E-state index in [1.165, 1.54) is 6.92 Å². The summed E-state index contributed by atoms with van der Waals surface area (Å²) in [6.45, 7) is 1.21. The van der Waals surface area contributed by atoms with E-state index in [0.717, 1.165) is 0 Å². The second-order valence-electron chi connectivity index (χ2n) is 5.76. The van der Waals surface area contributed by atoms with Gasteiger partial charge in [-0.2, -0.15) is 9.97 Å². The van der Waals surface area contributed by atoms with E-state index in [4.69, 9.17) is 11.6 Å². The van der Waals surface area contributed by atoms with E-state index in [9.17, 15) is 46.0 Å². The Bertz CT molecular complexity index is 1040. The molecule has 3 aromatic rings. The maximum atomic E-state index is 10.1. The largest absolute Gasteiger partial charge is 0.504 e. The summed E-state index contributed by atoms with van der Waals surface area (Å²) in [7, 11) is 0. The molecule has 0 aliphatic rings. The van der Waals surface area contributed by atoms with Crippen molar-refractivity contribution in [3.63, 3.8) is 0 Å². The van der Waals surface area contributed by atoms with Crippen LogP contribution in [0.2, 0.25) is 5.28 Å². The van der Waals surface area contributed by atoms with Crippen molar-refractivity contribution in [3.8, 4) is 74.5 Å². The maximum absolute atomic E-state index is 10.1. The van der Waals surface area contributed by atoms with E-state index in [-0.39, 0.29) is 5.56 Å². The lowest BCUT2D eigenvalue weighted by molar-refractivity contribution is 0.329. The number of benzene rings is 2. The predicted octanol–water partition coefficient (Wildman–Crippen LogP) is 1.52. The molecule has 3 rings (SSSR count). The lowest BCUT2D eigenvalue weighted by Gasteiger charge is -2.14. The van der Waals surface area contributed by atoms with Crippen LogP contribution in [0.4, 0.5) is 0 Å². The topological polar surface area (TPSA) is 221 Å². The number of rotatable bonds is 2. The zero-order chi connectivity index (χ0) is 21.8. The smallest absolute Gasteiger partial charge is 0.226 e. The van der Waals surface area contributed by atoms with Crippen molar-refractivity contribution in [2.24, 2.45) is 0 Å². The standard InChI is InChI=1S/C16H12ClN3O9/c1-2-5(21)7(23)3(8(24)6(2)22)14-18-15(20-16(17)19-14)4-9(25)11(27)13(29)12(28)10(4)26/h21-29H,1H3. The molecule has 0 bridgehead atoms. The molecule has 1 aromatic heterocycles. The minimum atomic E-state index is -1.22. The summed E-state index contributed by atoms with van der Waals surface area (Å²) in [5, 5.41) is 88.4. The van der Waals surface area contributed by atoms with Gasteiger partial charge in [-0.25, -0.2) is 4.98 Å². The summed E-state index contributed by atoms with van der Waals surface area (Å²) in [6, 6.07) is 0. The Hall–Kier alpha value is -4.06. The molecule has 12 nitrogen and oxygen atoms in total. The van der Waals surface area contributed by atoms with E-state index in [0.29, 0.717) is 0 Å². The van der Waals surface area contributed by atoms with Crippen LogP contribution in [0, 0.1) is 6.92 Å². The molecule has 2 aromatic carbocycles. The van der Waals surface area contributed by atoms with Gasteiger partial charge in [0.1, 0.15) is 11.1 Å². The molecule has 0 radical (unpaired) electrons. The first-order valence-electron chi connectivity index (χ1n) is 7.54. The third kappa shape index (κ3) is 2.82. The molecule has 29 heavy (non-hydrogen) atoms. The normalized spacial score (nSPS) is 11.0. The van der Waals surface area contributed by atoms with Crippen LogP contribution < -0.4 is 0 Å². The van der Waals surface area contributed by atoms with E-state index >= 15 is 0 Å². The number of nitrogens with zero attached hydrogens (tertiary/aromatic N) is 3. The number of hydrogen-bond acceptors (Lipinski definition) is 12. The van der Waals surface area contributed by atoms with Gasteiger partial charge in [0.25, 0.3) is 0 Å². The lowest BCUT2D eigenvalue weighted by Crippen LogP contribution is -1.99. The lowest BCUT2D eigenvalue weighted by atomic mass is 10.1. The summed E-state index contributed by atoms with van der Waals surface area (Å²) < 4.78 is 0. The maximum Gasteiger partial charge on any atom is 0.226 e.